The van der Waals surface area contributed by atoms with Gasteiger partial charge in [0.25, 0.3) is 0 Å². The predicted molar refractivity (Wildman–Crippen MR) is 87.9 cm³/mol. The smallest absolute Gasteiger partial charge is 0.315 e. The molecule has 1 aliphatic heterocycles. The van der Waals surface area contributed by atoms with Crippen molar-refractivity contribution < 1.29 is 23.2 Å². The molecule has 8 heteroatoms. The van der Waals surface area contributed by atoms with E-state index in [-0.39, 0.29) is 18.2 Å². The van der Waals surface area contributed by atoms with Gasteiger partial charge in [0, 0.05) is 12.2 Å². The molecule has 3 rings (SSSR count). The van der Waals surface area contributed by atoms with Gasteiger partial charge in [-0.3, -0.25) is 0 Å². The third-order valence-electron chi connectivity index (χ3n) is 4.24. The van der Waals surface area contributed by atoms with E-state index < -0.39 is 0 Å². The summed E-state index contributed by atoms with van der Waals surface area (Å²) >= 11 is 0. The first-order valence-electron chi connectivity index (χ1n) is 8.31. The molecule has 136 valence electrons. The van der Waals surface area contributed by atoms with Gasteiger partial charge >= 0.3 is 6.03 Å². The fraction of sp³-hybridized carbons (Fsp3) is 0.529. The van der Waals surface area contributed by atoms with Crippen molar-refractivity contribution in [1.29, 1.82) is 0 Å². The topological polar surface area (TPSA) is 98.8 Å². The number of nitrogens with one attached hydrogen (secondary N) is 2. The van der Waals surface area contributed by atoms with Crippen LogP contribution in [-0.2, 0) is 22.6 Å². The predicted octanol–water partition coefficient (Wildman–Crippen LogP) is 2.06. The summed E-state index contributed by atoms with van der Waals surface area (Å²) in [5.74, 6) is 1.45. The Morgan fingerprint density at radius 1 is 1.44 bits per heavy atom. The summed E-state index contributed by atoms with van der Waals surface area (Å²) in [6, 6.07) is 3.09. The van der Waals surface area contributed by atoms with Crippen LogP contribution in [0, 0.1) is 13.8 Å². The van der Waals surface area contributed by atoms with E-state index in [1.165, 1.54) is 0 Å². The highest BCUT2D eigenvalue weighted by molar-refractivity contribution is 5.74. The van der Waals surface area contributed by atoms with Gasteiger partial charge in [-0.2, -0.15) is 0 Å². The Bertz CT molecular complexity index is 663. The summed E-state index contributed by atoms with van der Waals surface area (Å²) in [5.41, 5.74) is 1.78. The van der Waals surface area contributed by atoms with Crippen LogP contribution in [0.5, 0.6) is 0 Å². The zero-order valence-electron chi connectivity index (χ0n) is 14.4. The van der Waals surface area contributed by atoms with Gasteiger partial charge < -0.3 is 29.0 Å². The van der Waals surface area contributed by atoms with Crippen LogP contribution in [0.4, 0.5) is 4.79 Å². The molecule has 0 spiro atoms. The van der Waals surface area contributed by atoms with E-state index in [1.807, 2.05) is 13.8 Å². The van der Waals surface area contributed by atoms with Crippen LogP contribution >= 0.6 is 0 Å². The molecule has 0 saturated carbocycles. The first kappa shape index (κ1) is 17.5. The minimum atomic E-state index is -0.280. The second-order valence-electron chi connectivity index (χ2n) is 6.03. The zero-order chi connectivity index (χ0) is 17.6. The first-order valence-corrected chi connectivity index (χ1v) is 8.31. The number of carbonyl (C=O) groups is 1. The summed E-state index contributed by atoms with van der Waals surface area (Å²) in [7, 11) is 0. The Morgan fingerprint density at radius 2 is 2.32 bits per heavy atom. The van der Waals surface area contributed by atoms with E-state index in [4.69, 9.17) is 18.4 Å². The maximum Gasteiger partial charge on any atom is 0.315 e. The number of amides is 2. The number of hydrogen-bond donors (Lipinski definition) is 2. The quantitative estimate of drug-likeness (QED) is 0.828. The van der Waals surface area contributed by atoms with Gasteiger partial charge in [-0.1, -0.05) is 5.16 Å². The van der Waals surface area contributed by atoms with Crippen LogP contribution in [-0.4, -0.2) is 36.5 Å². The monoisotopic (exact) mass is 349 g/mol. The van der Waals surface area contributed by atoms with Crippen LogP contribution in [0.2, 0.25) is 0 Å². The van der Waals surface area contributed by atoms with Crippen molar-refractivity contribution in [3.8, 4) is 0 Å². The van der Waals surface area contributed by atoms with Crippen molar-refractivity contribution in [3.05, 3.63) is 41.2 Å². The first-order chi connectivity index (χ1) is 12.1. The number of ether oxygens (including phenoxy) is 2. The van der Waals surface area contributed by atoms with E-state index in [0.29, 0.717) is 38.5 Å². The largest absolute Gasteiger partial charge is 0.467 e. The molecule has 0 unspecified atom stereocenters. The molecule has 2 amide bonds. The van der Waals surface area contributed by atoms with Gasteiger partial charge in [0.1, 0.15) is 11.5 Å². The lowest BCUT2D eigenvalue weighted by Gasteiger charge is -2.32. The second kappa shape index (κ2) is 8.17. The number of aromatic nitrogens is 1. The lowest BCUT2D eigenvalue weighted by Crippen LogP contribution is -2.53. The van der Waals surface area contributed by atoms with E-state index >= 15 is 0 Å². The third-order valence-corrected chi connectivity index (χ3v) is 4.24. The molecule has 1 saturated heterocycles. The second-order valence-corrected chi connectivity index (χ2v) is 6.03. The number of rotatable bonds is 6. The summed E-state index contributed by atoms with van der Waals surface area (Å²) in [6.07, 6.45) is 2.16. The molecule has 0 radical (unpaired) electrons. The summed E-state index contributed by atoms with van der Waals surface area (Å²) in [5, 5.41) is 9.60. The average molecular weight is 349 g/mol. The minimum Gasteiger partial charge on any atom is -0.467 e. The molecule has 2 N–H and O–H groups in total. The molecule has 25 heavy (non-hydrogen) atoms. The van der Waals surface area contributed by atoms with Gasteiger partial charge in [-0.05, 0) is 32.4 Å². The van der Waals surface area contributed by atoms with Crippen molar-refractivity contribution in [1.82, 2.24) is 15.8 Å². The molecule has 3 heterocycles. The SMILES string of the molecule is Cc1noc(C)c1CO[C@@H]1CCOC[C@@H]1NC(=O)NCc1ccco1. The van der Waals surface area contributed by atoms with Crippen molar-refractivity contribution in [2.45, 2.75) is 45.6 Å². The molecular formula is C17H23N3O5. The summed E-state index contributed by atoms with van der Waals surface area (Å²) in [6.45, 7) is 5.51. The van der Waals surface area contributed by atoms with Crippen LogP contribution in [0.3, 0.4) is 0 Å². The number of furan rings is 1. The molecule has 2 atom stereocenters. The maximum absolute atomic E-state index is 12.1. The lowest BCUT2D eigenvalue weighted by atomic mass is 10.1. The van der Waals surface area contributed by atoms with Crippen molar-refractivity contribution in [2.24, 2.45) is 0 Å². The lowest BCUT2D eigenvalue weighted by molar-refractivity contribution is -0.0599. The fourth-order valence-electron chi connectivity index (χ4n) is 2.75. The average Bonchev–Trinajstić information content (AvgIpc) is 3.23. The number of nitrogens with zero attached hydrogens (tertiary/aromatic N) is 1. The summed E-state index contributed by atoms with van der Waals surface area (Å²) in [4.78, 5) is 12.1. The third kappa shape index (κ3) is 4.61. The standard InChI is InChI=1S/C17H23N3O5/c1-11-14(12(2)25-20-11)9-24-16-5-7-22-10-15(16)19-17(21)18-8-13-4-3-6-23-13/h3-4,6,15-16H,5,7-10H2,1-2H3,(H2,18,19,21)/t15-,16+/m0/s1. The van der Waals surface area contributed by atoms with Gasteiger partial charge in [0.15, 0.2) is 0 Å². The van der Waals surface area contributed by atoms with Gasteiger partial charge in [-0.15, -0.1) is 0 Å². The number of hydrogen-bond acceptors (Lipinski definition) is 6. The molecular weight excluding hydrogens is 326 g/mol. The van der Waals surface area contributed by atoms with Gasteiger partial charge in [0.05, 0.1) is 43.9 Å². The normalized spacial score (nSPS) is 20.4. The molecule has 0 aromatic carbocycles. The number of aryl methyl sites for hydroxylation is 2. The molecule has 8 nitrogen and oxygen atoms in total. The van der Waals surface area contributed by atoms with Crippen LogP contribution in [0.15, 0.2) is 27.3 Å². The fourth-order valence-corrected chi connectivity index (χ4v) is 2.75. The van der Waals surface area contributed by atoms with E-state index in [9.17, 15) is 4.79 Å². The molecule has 0 bridgehead atoms. The molecule has 1 aliphatic rings. The number of urea groups is 1. The van der Waals surface area contributed by atoms with Gasteiger partial charge in [-0.25, -0.2) is 4.79 Å². The molecule has 2 aromatic heterocycles. The van der Waals surface area contributed by atoms with Crippen molar-refractivity contribution in [3.63, 3.8) is 0 Å². The minimum absolute atomic E-state index is 0.128. The zero-order valence-corrected chi connectivity index (χ0v) is 14.4. The maximum atomic E-state index is 12.1. The highest BCUT2D eigenvalue weighted by Gasteiger charge is 2.28. The highest BCUT2D eigenvalue weighted by atomic mass is 16.5. The van der Waals surface area contributed by atoms with Gasteiger partial charge in [0.2, 0.25) is 0 Å². The van der Waals surface area contributed by atoms with Crippen LogP contribution in [0.1, 0.15) is 29.2 Å². The Kier molecular flexibility index (Phi) is 5.72. The number of carbonyl (C=O) groups excluding carboxylic acids is 1. The molecule has 0 aliphatic carbocycles. The highest BCUT2D eigenvalue weighted by Crippen LogP contribution is 2.18. The Morgan fingerprint density at radius 3 is 3.04 bits per heavy atom. The van der Waals surface area contributed by atoms with Crippen LogP contribution in [0.25, 0.3) is 0 Å². The molecule has 2 aromatic rings. The van der Waals surface area contributed by atoms with Crippen molar-refractivity contribution >= 4 is 6.03 Å². The Balaban J connectivity index is 1.50. The Hall–Kier alpha value is -2.32. The van der Waals surface area contributed by atoms with E-state index in [1.54, 1.807) is 18.4 Å². The summed E-state index contributed by atoms with van der Waals surface area (Å²) < 4.78 is 21.8. The van der Waals surface area contributed by atoms with Crippen LogP contribution < -0.4 is 10.6 Å². The Labute approximate surface area is 145 Å². The van der Waals surface area contributed by atoms with Crippen molar-refractivity contribution in [2.75, 3.05) is 13.2 Å². The van der Waals surface area contributed by atoms with E-state index in [2.05, 4.69) is 15.8 Å². The van der Waals surface area contributed by atoms with E-state index in [0.717, 1.165) is 17.0 Å². The molecule has 1 fully saturated rings.